The van der Waals surface area contributed by atoms with Crippen LogP contribution in [0.2, 0.25) is 0 Å². The second-order valence-corrected chi connectivity index (χ2v) is 10.0. The van der Waals surface area contributed by atoms with Crippen LogP contribution in [0.4, 0.5) is 13.2 Å². The van der Waals surface area contributed by atoms with Crippen LogP contribution in [0.5, 0.6) is 0 Å². The minimum absolute atomic E-state index is 0.0550. The number of alkyl halides is 3. The zero-order valence-corrected chi connectivity index (χ0v) is 20.8. The fourth-order valence-corrected chi connectivity index (χ4v) is 5.08. The Morgan fingerprint density at radius 1 is 1.17 bits per heavy atom. The van der Waals surface area contributed by atoms with Gasteiger partial charge >= 0.3 is 6.18 Å². The smallest absolute Gasteiger partial charge is 0.340 e. The molecule has 0 bridgehead atoms. The van der Waals surface area contributed by atoms with Crippen LogP contribution in [0.1, 0.15) is 67.2 Å². The lowest BCUT2D eigenvalue weighted by Crippen LogP contribution is -2.29. The van der Waals surface area contributed by atoms with Crippen LogP contribution in [0.3, 0.4) is 0 Å². The number of aryl methyl sites for hydroxylation is 2. The van der Waals surface area contributed by atoms with Crippen molar-refractivity contribution >= 4 is 12.1 Å². The van der Waals surface area contributed by atoms with Crippen LogP contribution in [0.25, 0.3) is 0 Å². The van der Waals surface area contributed by atoms with E-state index in [1.807, 2.05) is 6.07 Å². The molecule has 0 N–H and O–H groups in total. The van der Waals surface area contributed by atoms with E-state index >= 15 is 0 Å². The molecule has 1 aliphatic heterocycles. The van der Waals surface area contributed by atoms with Gasteiger partial charge in [0.05, 0.1) is 6.42 Å². The van der Waals surface area contributed by atoms with Gasteiger partial charge in [0.15, 0.2) is 5.82 Å². The van der Waals surface area contributed by atoms with Crippen molar-refractivity contribution in [2.24, 2.45) is 16.8 Å². The summed E-state index contributed by atoms with van der Waals surface area (Å²) in [6.07, 6.45) is 4.00. The second-order valence-electron chi connectivity index (χ2n) is 10.0. The summed E-state index contributed by atoms with van der Waals surface area (Å²) in [7, 11) is 0. The van der Waals surface area contributed by atoms with Gasteiger partial charge in [-0.3, -0.25) is 9.78 Å². The quantitative estimate of drug-likeness (QED) is 0.484. The second kappa shape index (κ2) is 12.1. The molecule has 4 rings (SSSR count). The molecule has 0 radical (unpaired) electrons. The lowest BCUT2D eigenvalue weighted by Gasteiger charge is -2.28. The van der Waals surface area contributed by atoms with E-state index in [2.05, 4.69) is 25.0 Å². The maximum atomic E-state index is 12.5. The van der Waals surface area contributed by atoms with E-state index in [0.717, 1.165) is 75.8 Å². The fourth-order valence-electron chi connectivity index (χ4n) is 5.08. The van der Waals surface area contributed by atoms with Gasteiger partial charge in [-0.25, -0.2) is 4.99 Å². The van der Waals surface area contributed by atoms with Gasteiger partial charge in [0.1, 0.15) is 0 Å². The number of rotatable bonds is 8. The number of nitrogens with zero attached hydrogens (tertiary/aromatic N) is 5. The number of pyridine rings is 1. The Labute approximate surface area is 209 Å². The van der Waals surface area contributed by atoms with Gasteiger partial charge < -0.3 is 9.42 Å². The van der Waals surface area contributed by atoms with E-state index in [0.29, 0.717) is 29.2 Å². The zero-order chi connectivity index (χ0) is 25.5. The molecule has 0 aromatic carbocycles. The van der Waals surface area contributed by atoms with Crippen molar-refractivity contribution in [1.82, 2.24) is 20.0 Å². The van der Waals surface area contributed by atoms with E-state index < -0.39 is 12.6 Å². The maximum Gasteiger partial charge on any atom is 0.389 e. The third-order valence-corrected chi connectivity index (χ3v) is 7.21. The first-order valence-electron chi connectivity index (χ1n) is 12.9. The number of carbonyl (C=O) groups is 1. The zero-order valence-electron chi connectivity index (χ0n) is 20.8. The molecule has 196 valence electrons. The number of amides is 1. The fraction of sp³-hybridized carbons (Fsp3) is 0.654. The van der Waals surface area contributed by atoms with Crippen molar-refractivity contribution in [3.63, 3.8) is 0 Å². The molecule has 2 aromatic rings. The highest BCUT2D eigenvalue weighted by atomic mass is 19.4. The average Bonchev–Trinajstić information content (AvgIpc) is 3.14. The van der Waals surface area contributed by atoms with Crippen LogP contribution in [-0.4, -0.2) is 58.0 Å². The Kier molecular flexibility index (Phi) is 8.87. The number of halogens is 3. The minimum atomic E-state index is -4.15. The molecule has 1 aliphatic carbocycles. The van der Waals surface area contributed by atoms with Gasteiger partial charge in [-0.05, 0) is 75.0 Å². The summed E-state index contributed by atoms with van der Waals surface area (Å²) in [4.78, 5) is 27.2. The van der Waals surface area contributed by atoms with Gasteiger partial charge in [-0.15, -0.1) is 0 Å². The molecule has 0 saturated heterocycles. The highest BCUT2D eigenvalue weighted by molar-refractivity contribution is 5.86. The summed E-state index contributed by atoms with van der Waals surface area (Å²) in [6, 6.07) is 3.72. The van der Waals surface area contributed by atoms with Crippen molar-refractivity contribution in [3.8, 4) is 0 Å². The van der Waals surface area contributed by atoms with Crippen LogP contribution in [0.15, 0.2) is 21.6 Å². The maximum absolute atomic E-state index is 12.5. The van der Waals surface area contributed by atoms with E-state index in [4.69, 9.17) is 4.52 Å². The predicted molar refractivity (Wildman–Crippen MR) is 129 cm³/mol. The van der Waals surface area contributed by atoms with Gasteiger partial charge in [-0.2, -0.15) is 18.2 Å². The summed E-state index contributed by atoms with van der Waals surface area (Å²) >= 11 is 0. The number of fused-ring (bicyclic) bond motifs is 1. The van der Waals surface area contributed by atoms with Crippen molar-refractivity contribution in [2.75, 3.05) is 19.6 Å². The standard InChI is InChI=1S/C26H34F3N5O2/c1-18-31-24(33-36-18)16-25(35)30-17-20-4-2-19(3-5-20)9-13-34-14-10-21-6-7-22(8-12-26(27,28)29)32-23(21)11-15-34/h6-7,17,19-20H,2-5,8-16H2,1H3/b30-17+. The van der Waals surface area contributed by atoms with E-state index in [1.54, 1.807) is 19.2 Å². The van der Waals surface area contributed by atoms with Crippen molar-refractivity contribution < 1.29 is 22.5 Å². The number of carbonyl (C=O) groups excluding carboxylic acids is 1. The Morgan fingerprint density at radius 3 is 2.67 bits per heavy atom. The SMILES string of the molecule is Cc1nc(CC(=O)/N=C/C2CCC(CCN3CCc4ccc(CCC(F)(F)F)nc4CC3)CC2)no1. The number of hydrogen-bond donors (Lipinski definition) is 0. The van der Waals surface area contributed by atoms with Crippen molar-refractivity contribution in [3.05, 3.63) is 40.8 Å². The van der Waals surface area contributed by atoms with Gasteiger partial charge in [-0.1, -0.05) is 11.2 Å². The molecule has 0 spiro atoms. The summed E-state index contributed by atoms with van der Waals surface area (Å²) in [5, 5.41) is 3.73. The topological polar surface area (TPSA) is 84.5 Å². The molecule has 2 aromatic heterocycles. The van der Waals surface area contributed by atoms with Gasteiger partial charge in [0, 0.05) is 50.5 Å². The van der Waals surface area contributed by atoms with Crippen molar-refractivity contribution in [1.29, 1.82) is 0 Å². The molecule has 1 fully saturated rings. The molecule has 10 heteroatoms. The Hall–Kier alpha value is -2.62. The van der Waals surface area contributed by atoms with Crippen LogP contribution >= 0.6 is 0 Å². The molecule has 36 heavy (non-hydrogen) atoms. The molecule has 1 saturated carbocycles. The minimum Gasteiger partial charge on any atom is -0.340 e. The first kappa shape index (κ1) is 26.4. The lowest BCUT2D eigenvalue weighted by atomic mass is 9.81. The van der Waals surface area contributed by atoms with Crippen LogP contribution in [-0.2, 0) is 30.5 Å². The molecule has 7 nitrogen and oxygen atoms in total. The summed E-state index contributed by atoms with van der Waals surface area (Å²) in [5.74, 6) is 1.57. The first-order valence-corrected chi connectivity index (χ1v) is 12.9. The highest BCUT2D eigenvalue weighted by Crippen LogP contribution is 2.30. The third-order valence-electron chi connectivity index (χ3n) is 7.21. The lowest BCUT2D eigenvalue weighted by molar-refractivity contribution is -0.134. The molecular formula is C26H34F3N5O2. The normalized spacial score (nSPS) is 21.4. The highest BCUT2D eigenvalue weighted by Gasteiger charge is 2.27. The Morgan fingerprint density at radius 2 is 1.94 bits per heavy atom. The Bertz CT molecular complexity index is 1040. The number of aliphatic imine (C=N–C) groups is 1. The third kappa shape index (κ3) is 8.21. The monoisotopic (exact) mass is 505 g/mol. The Balaban J connectivity index is 1.16. The molecule has 0 atom stereocenters. The molecular weight excluding hydrogens is 471 g/mol. The van der Waals surface area contributed by atoms with E-state index in [1.165, 1.54) is 0 Å². The first-order chi connectivity index (χ1) is 17.2. The largest absolute Gasteiger partial charge is 0.389 e. The molecule has 3 heterocycles. The van der Waals surface area contributed by atoms with E-state index in [-0.39, 0.29) is 18.7 Å². The number of aromatic nitrogens is 3. The van der Waals surface area contributed by atoms with Crippen molar-refractivity contribution in [2.45, 2.75) is 77.3 Å². The number of hydrogen-bond acceptors (Lipinski definition) is 6. The summed E-state index contributed by atoms with van der Waals surface area (Å²) in [6.45, 7) is 4.57. The molecule has 0 unspecified atom stereocenters. The summed E-state index contributed by atoms with van der Waals surface area (Å²) in [5.41, 5.74) is 2.66. The van der Waals surface area contributed by atoms with Crippen LogP contribution in [0, 0.1) is 18.8 Å². The summed E-state index contributed by atoms with van der Waals surface area (Å²) < 4.78 is 42.5. The molecule has 1 amide bonds. The molecule has 2 aliphatic rings. The van der Waals surface area contributed by atoms with Gasteiger partial charge in [0.25, 0.3) is 5.91 Å². The van der Waals surface area contributed by atoms with E-state index in [9.17, 15) is 18.0 Å². The predicted octanol–water partition coefficient (Wildman–Crippen LogP) is 4.71. The average molecular weight is 506 g/mol. The van der Waals surface area contributed by atoms with Gasteiger partial charge in [0.2, 0.25) is 5.89 Å². The van der Waals surface area contributed by atoms with Crippen LogP contribution < -0.4 is 0 Å².